The Morgan fingerprint density at radius 2 is 2.00 bits per heavy atom. The molecule has 0 bridgehead atoms. The van der Waals surface area contributed by atoms with Crippen molar-refractivity contribution in [3.05, 3.63) is 43.0 Å². The Labute approximate surface area is 98.9 Å². The SMILES string of the molecule is C=CCOC(=O)N(CC(=O)O)c1ccccc1. The molecule has 0 aliphatic heterocycles. The predicted molar refractivity (Wildman–Crippen MR) is 63.0 cm³/mol. The van der Waals surface area contributed by atoms with Gasteiger partial charge in [-0.25, -0.2) is 4.79 Å². The summed E-state index contributed by atoms with van der Waals surface area (Å²) in [5.41, 5.74) is 0.476. The van der Waals surface area contributed by atoms with E-state index in [4.69, 9.17) is 9.84 Å². The number of carbonyl (C=O) groups is 2. The van der Waals surface area contributed by atoms with Crippen molar-refractivity contribution in [1.82, 2.24) is 0 Å². The Morgan fingerprint density at radius 1 is 1.35 bits per heavy atom. The molecule has 0 fully saturated rings. The third-order valence-electron chi connectivity index (χ3n) is 1.91. The van der Waals surface area contributed by atoms with Gasteiger partial charge in [-0.3, -0.25) is 9.69 Å². The normalized spacial score (nSPS) is 9.41. The van der Waals surface area contributed by atoms with Gasteiger partial charge in [-0.15, -0.1) is 0 Å². The first-order chi connectivity index (χ1) is 8.15. The molecule has 0 atom stereocenters. The van der Waals surface area contributed by atoms with Gasteiger partial charge in [0.05, 0.1) is 0 Å². The van der Waals surface area contributed by atoms with Crippen molar-refractivity contribution < 1.29 is 19.4 Å². The van der Waals surface area contributed by atoms with E-state index in [0.717, 1.165) is 4.90 Å². The van der Waals surface area contributed by atoms with Crippen molar-refractivity contribution in [3.8, 4) is 0 Å². The molecule has 0 spiro atoms. The Morgan fingerprint density at radius 3 is 2.53 bits per heavy atom. The fourth-order valence-corrected chi connectivity index (χ4v) is 1.21. The summed E-state index contributed by atoms with van der Waals surface area (Å²) >= 11 is 0. The van der Waals surface area contributed by atoms with Crippen LogP contribution in [0.2, 0.25) is 0 Å². The fourth-order valence-electron chi connectivity index (χ4n) is 1.21. The molecule has 17 heavy (non-hydrogen) atoms. The van der Waals surface area contributed by atoms with E-state index >= 15 is 0 Å². The Hall–Kier alpha value is -2.30. The topological polar surface area (TPSA) is 66.8 Å². The zero-order valence-corrected chi connectivity index (χ0v) is 9.20. The van der Waals surface area contributed by atoms with Gasteiger partial charge in [-0.2, -0.15) is 0 Å². The first-order valence-corrected chi connectivity index (χ1v) is 4.97. The number of benzene rings is 1. The Kier molecular flexibility index (Phi) is 4.75. The van der Waals surface area contributed by atoms with Crippen LogP contribution in [0, 0.1) is 0 Å². The molecule has 0 heterocycles. The van der Waals surface area contributed by atoms with Crippen LogP contribution in [0.15, 0.2) is 43.0 Å². The number of aliphatic carboxylic acids is 1. The molecule has 0 unspecified atom stereocenters. The van der Waals surface area contributed by atoms with E-state index in [0.29, 0.717) is 5.69 Å². The maximum atomic E-state index is 11.6. The van der Waals surface area contributed by atoms with Crippen LogP contribution < -0.4 is 4.90 Å². The highest BCUT2D eigenvalue weighted by molar-refractivity contribution is 5.92. The third kappa shape index (κ3) is 3.98. The van der Waals surface area contributed by atoms with Crippen LogP contribution in [-0.2, 0) is 9.53 Å². The lowest BCUT2D eigenvalue weighted by Gasteiger charge is -2.19. The maximum absolute atomic E-state index is 11.6. The second-order valence-corrected chi connectivity index (χ2v) is 3.18. The monoisotopic (exact) mass is 235 g/mol. The predicted octanol–water partition coefficient (Wildman–Crippen LogP) is 1.90. The van der Waals surface area contributed by atoms with Gasteiger partial charge in [0.15, 0.2) is 0 Å². The third-order valence-corrected chi connectivity index (χ3v) is 1.91. The summed E-state index contributed by atoms with van der Waals surface area (Å²) in [5, 5.41) is 8.75. The van der Waals surface area contributed by atoms with Crippen LogP contribution in [0.1, 0.15) is 0 Å². The summed E-state index contributed by atoms with van der Waals surface area (Å²) in [6, 6.07) is 8.48. The molecule has 1 aromatic rings. The number of hydrogen-bond acceptors (Lipinski definition) is 3. The molecule has 5 heteroatoms. The molecule has 0 aliphatic rings. The smallest absolute Gasteiger partial charge is 0.415 e. The van der Waals surface area contributed by atoms with Crippen LogP contribution in [0.5, 0.6) is 0 Å². The van der Waals surface area contributed by atoms with Gasteiger partial charge < -0.3 is 9.84 Å². The van der Waals surface area contributed by atoms with Gasteiger partial charge >= 0.3 is 12.1 Å². The Bertz CT molecular complexity index is 402. The summed E-state index contributed by atoms with van der Waals surface area (Å²) < 4.78 is 4.81. The lowest BCUT2D eigenvalue weighted by atomic mass is 10.3. The van der Waals surface area contributed by atoms with Crippen LogP contribution in [0.4, 0.5) is 10.5 Å². The zero-order chi connectivity index (χ0) is 12.7. The lowest BCUT2D eigenvalue weighted by Crippen LogP contribution is -2.36. The molecule has 1 amide bonds. The van der Waals surface area contributed by atoms with Crippen molar-refractivity contribution >= 4 is 17.7 Å². The highest BCUT2D eigenvalue weighted by Gasteiger charge is 2.19. The van der Waals surface area contributed by atoms with Crippen LogP contribution in [0.25, 0.3) is 0 Å². The van der Waals surface area contributed by atoms with Crippen molar-refractivity contribution in [2.24, 2.45) is 0 Å². The zero-order valence-electron chi connectivity index (χ0n) is 9.20. The first-order valence-electron chi connectivity index (χ1n) is 4.97. The van der Waals surface area contributed by atoms with Crippen LogP contribution in [0.3, 0.4) is 0 Å². The minimum Gasteiger partial charge on any atom is -0.480 e. The number of anilines is 1. The summed E-state index contributed by atoms with van der Waals surface area (Å²) in [7, 11) is 0. The fraction of sp³-hybridized carbons (Fsp3) is 0.167. The van der Waals surface area contributed by atoms with Crippen molar-refractivity contribution in [1.29, 1.82) is 0 Å². The molecule has 0 saturated heterocycles. The van der Waals surface area contributed by atoms with Crippen molar-refractivity contribution in [2.45, 2.75) is 0 Å². The van der Waals surface area contributed by atoms with E-state index in [1.165, 1.54) is 6.08 Å². The van der Waals surface area contributed by atoms with E-state index in [-0.39, 0.29) is 6.61 Å². The summed E-state index contributed by atoms with van der Waals surface area (Å²) in [5.74, 6) is -1.11. The van der Waals surface area contributed by atoms with Gasteiger partial charge in [0.25, 0.3) is 0 Å². The largest absolute Gasteiger partial charge is 0.480 e. The van der Waals surface area contributed by atoms with Gasteiger partial charge in [0, 0.05) is 5.69 Å². The minimum absolute atomic E-state index is 0.0434. The Balaban J connectivity index is 2.84. The average molecular weight is 235 g/mol. The second-order valence-electron chi connectivity index (χ2n) is 3.18. The molecule has 90 valence electrons. The number of rotatable bonds is 5. The average Bonchev–Trinajstić information content (AvgIpc) is 2.34. The first kappa shape index (κ1) is 12.8. The molecule has 0 aromatic heterocycles. The molecule has 1 rings (SSSR count). The number of carboxylic acids is 1. The van der Waals surface area contributed by atoms with Crippen molar-refractivity contribution in [2.75, 3.05) is 18.1 Å². The second kappa shape index (κ2) is 6.32. The molecule has 0 radical (unpaired) electrons. The van der Waals surface area contributed by atoms with E-state index in [1.807, 2.05) is 0 Å². The van der Waals surface area contributed by atoms with Gasteiger partial charge in [-0.1, -0.05) is 30.9 Å². The lowest BCUT2D eigenvalue weighted by molar-refractivity contribution is -0.135. The van der Waals surface area contributed by atoms with E-state index < -0.39 is 18.6 Å². The maximum Gasteiger partial charge on any atom is 0.415 e. The van der Waals surface area contributed by atoms with E-state index in [9.17, 15) is 9.59 Å². The summed E-state index contributed by atoms with van der Waals surface area (Å²) in [6.45, 7) is 3.01. The van der Waals surface area contributed by atoms with Crippen molar-refractivity contribution in [3.63, 3.8) is 0 Å². The van der Waals surface area contributed by atoms with Crippen LogP contribution in [-0.4, -0.2) is 30.3 Å². The minimum atomic E-state index is -1.11. The van der Waals surface area contributed by atoms with Crippen LogP contribution >= 0.6 is 0 Å². The van der Waals surface area contributed by atoms with E-state index in [2.05, 4.69) is 6.58 Å². The molecule has 0 saturated carbocycles. The summed E-state index contributed by atoms with van der Waals surface area (Å²) in [6.07, 6.45) is 0.709. The molecule has 1 aromatic carbocycles. The molecular weight excluding hydrogens is 222 g/mol. The number of carboxylic acid groups (broad SMARTS) is 1. The number of nitrogens with zero attached hydrogens (tertiary/aromatic N) is 1. The number of ether oxygens (including phenoxy) is 1. The number of para-hydroxylation sites is 1. The molecule has 1 N–H and O–H groups in total. The molecule has 5 nitrogen and oxygen atoms in total. The summed E-state index contributed by atoms with van der Waals surface area (Å²) in [4.78, 5) is 23.4. The number of hydrogen-bond donors (Lipinski definition) is 1. The quantitative estimate of drug-likeness (QED) is 0.791. The van der Waals surface area contributed by atoms with Gasteiger partial charge in [0.2, 0.25) is 0 Å². The van der Waals surface area contributed by atoms with Gasteiger partial charge in [-0.05, 0) is 12.1 Å². The van der Waals surface area contributed by atoms with Gasteiger partial charge in [0.1, 0.15) is 13.2 Å². The standard InChI is InChI=1S/C12H13NO4/c1-2-8-17-12(16)13(9-11(14)15)10-6-4-3-5-7-10/h2-7H,1,8-9H2,(H,14,15). The highest BCUT2D eigenvalue weighted by atomic mass is 16.6. The molecular formula is C12H13NO4. The molecule has 0 aliphatic carbocycles. The highest BCUT2D eigenvalue weighted by Crippen LogP contribution is 2.14. The number of carbonyl (C=O) groups excluding carboxylic acids is 1. The number of amides is 1. The van der Waals surface area contributed by atoms with E-state index in [1.54, 1.807) is 30.3 Å².